The number of pyridine rings is 1. The van der Waals surface area contributed by atoms with Crippen LogP contribution in [-0.2, 0) is 6.54 Å². The van der Waals surface area contributed by atoms with E-state index in [0.717, 1.165) is 40.3 Å². The molecule has 5 nitrogen and oxygen atoms in total. The van der Waals surface area contributed by atoms with E-state index in [2.05, 4.69) is 55.0 Å². The normalized spacial score (nSPS) is 11.0. The van der Waals surface area contributed by atoms with Crippen molar-refractivity contribution in [3.8, 4) is 23.6 Å². The Bertz CT molecular complexity index is 1100. The number of imidazole rings is 1. The molecule has 26 heavy (non-hydrogen) atoms. The summed E-state index contributed by atoms with van der Waals surface area (Å²) < 4.78 is 0. The Morgan fingerprint density at radius 1 is 1.19 bits per heavy atom. The molecule has 0 aliphatic rings. The molecule has 132 valence electrons. The van der Waals surface area contributed by atoms with E-state index in [1.807, 2.05) is 20.0 Å². The zero-order valence-electron chi connectivity index (χ0n) is 14.3. The van der Waals surface area contributed by atoms with Crippen molar-refractivity contribution in [3.05, 3.63) is 47.9 Å². The fourth-order valence-electron chi connectivity index (χ4n) is 3.20. The third-order valence-electron chi connectivity index (χ3n) is 4.30. The second kappa shape index (κ2) is 7.03. The maximum Gasteiger partial charge on any atom is 0.178 e. The molecule has 0 fully saturated rings. The lowest BCUT2D eigenvalue weighted by molar-refractivity contribution is 0.369. The van der Waals surface area contributed by atoms with E-state index in [0.29, 0.717) is 6.54 Å². The van der Waals surface area contributed by atoms with Gasteiger partial charge in [0.2, 0.25) is 0 Å². The van der Waals surface area contributed by atoms with Crippen LogP contribution >= 0.6 is 0 Å². The van der Waals surface area contributed by atoms with Gasteiger partial charge in [-0.2, -0.15) is 0 Å². The maximum atomic E-state index is 5.38. The van der Waals surface area contributed by atoms with Crippen LogP contribution in [0.25, 0.3) is 33.3 Å². The van der Waals surface area contributed by atoms with Crippen LogP contribution < -0.4 is 0 Å². The number of nitrogens with zero attached hydrogens (tertiary/aromatic N) is 3. The highest BCUT2D eigenvalue weighted by Crippen LogP contribution is 2.29. The van der Waals surface area contributed by atoms with E-state index >= 15 is 0 Å². The summed E-state index contributed by atoms with van der Waals surface area (Å²) in [4.78, 5) is 17.7. The van der Waals surface area contributed by atoms with Gasteiger partial charge < -0.3 is 9.97 Å². The van der Waals surface area contributed by atoms with Crippen molar-refractivity contribution in [2.24, 2.45) is 0 Å². The van der Waals surface area contributed by atoms with Crippen molar-refractivity contribution in [2.75, 3.05) is 13.6 Å². The molecule has 2 N–H and O–H groups in total. The number of terminal acetylenes is 1. The van der Waals surface area contributed by atoms with Crippen LogP contribution in [0.2, 0.25) is 0 Å². The molecule has 0 saturated heterocycles. The van der Waals surface area contributed by atoms with E-state index in [4.69, 9.17) is 6.42 Å². The molecule has 0 radical (unpaired) electrons. The molecule has 4 rings (SSSR count). The summed E-state index contributed by atoms with van der Waals surface area (Å²) in [6.45, 7) is 3.42. The molecular formula is C21H23N5. The molecule has 0 aliphatic carbocycles. The Balaban J connectivity index is 0.00000196. The van der Waals surface area contributed by atoms with E-state index in [1.165, 1.54) is 10.9 Å². The van der Waals surface area contributed by atoms with Crippen LogP contribution in [0.3, 0.4) is 0 Å². The molecule has 0 amide bonds. The first-order valence-electron chi connectivity index (χ1n) is 8.19. The Morgan fingerprint density at radius 3 is 2.85 bits per heavy atom. The highest BCUT2D eigenvalue weighted by atomic mass is 15.1. The largest absolute Gasteiger partial charge is 0.354 e. The van der Waals surface area contributed by atoms with Crippen LogP contribution in [0.1, 0.15) is 18.8 Å². The summed E-state index contributed by atoms with van der Waals surface area (Å²) in [5.41, 5.74) is 6.19. The monoisotopic (exact) mass is 345 g/mol. The van der Waals surface area contributed by atoms with Gasteiger partial charge in [-0.1, -0.05) is 19.4 Å². The van der Waals surface area contributed by atoms with Gasteiger partial charge in [-0.15, -0.1) is 6.42 Å². The quantitative estimate of drug-likeness (QED) is 0.547. The summed E-state index contributed by atoms with van der Waals surface area (Å²) in [6.07, 6.45) is 7.17. The number of hydrogen-bond acceptors (Lipinski definition) is 3. The van der Waals surface area contributed by atoms with Gasteiger partial charge in [0, 0.05) is 34.9 Å². The predicted molar refractivity (Wildman–Crippen MR) is 108 cm³/mol. The molecule has 0 spiro atoms. The predicted octanol–water partition coefficient (Wildman–Crippen LogP) is 4.12. The highest BCUT2D eigenvalue weighted by molar-refractivity contribution is 5.94. The Morgan fingerprint density at radius 2 is 2.04 bits per heavy atom. The smallest absolute Gasteiger partial charge is 0.178 e. The van der Waals surface area contributed by atoms with E-state index in [1.54, 1.807) is 6.20 Å². The van der Waals surface area contributed by atoms with Gasteiger partial charge in [0.05, 0.1) is 12.1 Å². The number of aromatic nitrogens is 4. The van der Waals surface area contributed by atoms with Gasteiger partial charge in [-0.05, 0) is 43.8 Å². The second-order valence-electron chi connectivity index (χ2n) is 6.36. The lowest BCUT2D eigenvalue weighted by Gasteiger charge is -2.12. The van der Waals surface area contributed by atoms with E-state index in [9.17, 15) is 0 Å². The zero-order chi connectivity index (χ0) is 17.4. The molecule has 0 aliphatic heterocycles. The first-order valence-corrected chi connectivity index (χ1v) is 8.19. The van der Waals surface area contributed by atoms with Gasteiger partial charge in [0.1, 0.15) is 5.82 Å². The summed E-state index contributed by atoms with van der Waals surface area (Å²) in [5.74, 6) is 3.54. The van der Waals surface area contributed by atoms with Crippen molar-refractivity contribution >= 4 is 22.1 Å². The number of nitrogens with one attached hydrogen (secondary N) is 2. The van der Waals surface area contributed by atoms with Gasteiger partial charge in [0.25, 0.3) is 0 Å². The fraction of sp³-hybridized carbons (Fsp3) is 0.238. The minimum atomic E-state index is 0. The molecule has 3 aromatic heterocycles. The van der Waals surface area contributed by atoms with Crippen LogP contribution in [-0.4, -0.2) is 38.4 Å². The molecule has 0 saturated carbocycles. The summed E-state index contributed by atoms with van der Waals surface area (Å²) in [6, 6.07) is 10.6. The number of fused-ring (bicyclic) bond motifs is 2. The lowest BCUT2D eigenvalue weighted by Crippen LogP contribution is -2.17. The highest BCUT2D eigenvalue weighted by Gasteiger charge is 2.11. The first-order chi connectivity index (χ1) is 12.1. The Hall–Kier alpha value is -3.10. The van der Waals surface area contributed by atoms with Gasteiger partial charge in [-0.3, -0.25) is 4.90 Å². The molecule has 4 aromatic rings. The van der Waals surface area contributed by atoms with Crippen molar-refractivity contribution in [2.45, 2.75) is 20.9 Å². The molecular weight excluding hydrogens is 322 g/mol. The fourth-order valence-corrected chi connectivity index (χ4v) is 3.20. The van der Waals surface area contributed by atoms with Crippen LogP contribution in [0.5, 0.6) is 0 Å². The minimum absolute atomic E-state index is 0. The van der Waals surface area contributed by atoms with E-state index in [-0.39, 0.29) is 7.43 Å². The van der Waals surface area contributed by atoms with Crippen LogP contribution in [0.4, 0.5) is 0 Å². The first kappa shape index (κ1) is 17.7. The maximum absolute atomic E-state index is 5.38. The molecule has 0 unspecified atom stereocenters. The van der Waals surface area contributed by atoms with Crippen molar-refractivity contribution in [1.29, 1.82) is 0 Å². The molecule has 0 atom stereocenters. The molecule has 0 bridgehead atoms. The summed E-state index contributed by atoms with van der Waals surface area (Å²) in [5, 5.41) is 1.18. The standard InChI is InChI=1S/C20H19N5.CH4/c1-4-9-25(3)12-14-5-6-17-15(10-14)11-18(24-17)16-7-8-21-20-19(16)22-13(2)23-20;/h1,5-8,10-11,24H,9,12H2,2-3H3,(H,21,22,23);1H4. The van der Waals surface area contributed by atoms with Gasteiger partial charge >= 0.3 is 0 Å². The van der Waals surface area contributed by atoms with Crippen LogP contribution in [0, 0.1) is 19.3 Å². The number of benzene rings is 1. The Labute approximate surface area is 153 Å². The SMILES string of the molecule is C.C#CCN(C)Cc1ccc2[nH]c(-c3ccnc4nc(C)[nH]c34)cc2c1. The van der Waals surface area contributed by atoms with Crippen LogP contribution in [0.15, 0.2) is 36.5 Å². The summed E-state index contributed by atoms with van der Waals surface area (Å²) in [7, 11) is 2.03. The summed E-state index contributed by atoms with van der Waals surface area (Å²) >= 11 is 0. The zero-order valence-corrected chi connectivity index (χ0v) is 14.3. The van der Waals surface area contributed by atoms with Crippen molar-refractivity contribution in [1.82, 2.24) is 24.8 Å². The molecule has 5 heteroatoms. The number of aromatic amines is 2. The topological polar surface area (TPSA) is 60.6 Å². The van der Waals surface area contributed by atoms with Gasteiger partial charge in [-0.25, -0.2) is 9.97 Å². The molecule has 3 heterocycles. The van der Waals surface area contributed by atoms with Gasteiger partial charge in [0.15, 0.2) is 5.65 Å². The van der Waals surface area contributed by atoms with Crippen molar-refractivity contribution < 1.29 is 0 Å². The number of rotatable bonds is 4. The third kappa shape index (κ3) is 3.19. The minimum Gasteiger partial charge on any atom is -0.354 e. The second-order valence-corrected chi connectivity index (χ2v) is 6.36. The lowest BCUT2D eigenvalue weighted by atomic mass is 10.1. The molecule has 1 aromatic carbocycles. The number of H-pyrrole nitrogens is 2. The number of hydrogen-bond donors (Lipinski definition) is 2. The average molecular weight is 345 g/mol. The van der Waals surface area contributed by atoms with E-state index < -0.39 is 0 Å². The third-order valence-corrected chi connectivity index (χ3v) is 4.30. The Kier molecular flexibility index (Phi) is 4.79. The van der Waals surface area contributed by atoms with Crippen molar-refractivity contribution in [3.63, 3.8) is 0 Å². The number of aryl methyl sites for hydroxylation is 1. The average Bonchev–Trinajstić information content (AvgIpc) is 3.16.